The Hall–Kier alpha value is -1.33. The lowest BCUT2D eigenvalue weighted by molar-refractivity contribution is -0.509. The summed E-state index contributed by atoms with van der Waals surface area (Å²) >= 11 is 0. The van der Waals surface area contributed by atoms with Crippen molar-refractivity contribution in [1.82, 2.24) is 0 Å². The number of allylic oxidation sites excluding steroid dienone is 2. The number of hydrogen-bond donors (Lipinski definition) is 0. The van der Waals surface area contributed by atoms with Crippen molar-refractivity contribution in [2.45, 2.75) is 25.6 Å². The lowest BCUT2D eigenvalue weighted by atomic mass is 9.97. The van der Waals surface area contributed by atoms with E-state index >= 15 is 0 Å². The highest BCUT2D eigenvalue weighted by Crippen LogP contribution is 2.32. The maximum absolute atomic E-state index is 12.2. The van der Waals surface area contributed by atoms with Crippen molar-refractivity contribution in [1.29, 1.82) is 0 Å². The van der Waals surface area contributed by atoms with Crippen molar-refractivity contribution in [2.75, 3.05) is 0 Å². The summed E-state index contributed by atoms with van der Waals surface area (Å²) in [5.74, 6) is 0. The summed E-state index contributed by atoms with van der Waals surface area (Å²) in [6, 6.07) is -1.25. The van der Waals surface area contributed by atoms with E-state index < -0.39 is 22.7 Å². The summed E-state index contributed by atoms with van der Waals surface area (Å²) in [7, 11) is 0. The van der Waals surface area contributed by atoms with Gasteiger partial charge < -0.3 is 0 Å². The van der Waals surface area contributed by atoms with Crippen LogP contribution < -0.4 is 0 Å². The lowest BCUT2D eigenvalue weighted by Crippen LogP contribution is -2.24. The van der Waals surface area contributed by atoms with E-state index in [1.165, 1.54) is 6.92 Å². The van der Waals surface area contributed by atoms with E-state index in [2.05, 4.69) is 0 Å². The van der Waals surface area contributed by atoms with Crippen molar-refractivity contribution in [3.63, 3.8) is 0 Å². The van der Waals surface area contributed by atoms with Crippen molar-refractivity contribution in [2.24, 2.45) is 0 Å². The van der Waals surface area contributed by atoms with Crippen molar-refractivity contribution in [3.05, 3.63) is 33.4 Å². The minimum Gasteiger partial charge on any atom is -0.264 e. The molecule has 0 saturated carbocycles. The number of nitro groups is 1. The van der Waals surface area contributed by atoms with Gasteiger partial charge in [0.25, 0.3) is 0 Å². The van der Waals surface area contributed by atoms with Gasteiger partial charge in [0.1, 0.15) is 0 Å². The highest BCUT2D eigenvalue weighted by atomic mass is 19.4. The maximum Gasteiger partial charge on any atom is 0.416 e. The second-order valence-corrected chi connectivity index (χ2v) is 3.17. The summed E-state index contributed by atoms with van der Waals surface area (Å²) in [5, 5.41) is 10.3. The van der Waals surface area contributed by atoms with Crippen molar-refractivity contribution < 1.29 is 18.1 Å². The van der Waals surface area contributed by atoms with Crippen molar-refractivity contribution in [3.8, 4) is 0 Å². The number of alkyl halides is 3. The molecule has 1 atom stereocenters. The van der Waals surface area contributed by atoms with Gasteiger partial charge in [-0.3, -0.25) is 10.1 Å². The minimum absolute atomic E-state index is 0.0482. The predicted molar refractivity (Wildman–Crippen MR) is 43.3 cm³/mol. The summed E-state index contributed by atoms with van der Waals surface area (Å²) < 4.78 is 36.6. The smallest absolute Gasteiger partial charge is 0.264 e. The molecule has 0 aromatic heterocycles. The third-order valence-corrected chi connectivity index (χ3v) is 1.90. The molecular weight excluding hydrogens is 199 g/mol. The van der Waals surface area contributed by atoms with Crippen LogP contribution in [0.2, 0.25) is 0 Å². The van der Waals surface area contributed by atoms with E-state index in [1.807, 2.05) is 0 Å². The van der Waals surface area contributed by atoms with Crippen LogP contribution in [0, 0.1) is 10.1 Å². The Kier molecular flexibility index (Phi) is 2.64. The molecule has 0 amide bonds. The fraction of sp³-hybridized carbons (Fsp3) is 0.500. The first-order valence-electron chi connectivity index (χ1n) is 3.90. The van der Waals surface area contributed by atoms with E-state index in [-0.39, 0.29) is 6.42 Å². The van der Waals surface area contributed by atoms with Crippen LogP contribution in [0.1, 0.15) is 13.3 Å². The Bertz CT molecular complexity index is 317. The van der Waals surface area contributed by atoms with E-state index in [9.17, 15) is 23.3 Å². The highest BCUT2D eigenvalue weighted by Gasteiger charge is 2.36. The molecule has 1 rings (SSSR count). The molecule has 0 aliphatic heterocycles. The molecule has 0 saturated heterocycles. The van der Waals surface area contributed by atoms with Gasteiger partial charge in [-0.1, -0.05) is 11.6 Å². The van der Waals surface area contributed by atoms with Gasteiger partial charge in [0.05, 0.1) is 5.57 Å². The quantitative estimate of drug-likeness (QED) is 0.489. The summed E-state index contributed by atoms with van der Waals surface area (Å²) in [5.41, 5.74) is -0.551. The Morgan fingerprint density at radius 1 is 1.57 bits per heavy atom. The second-order valence-electron chi connectivity index (χ2n) is 3.17. The average molecular weight is 207 g/mol. The molecule has 0 heterocycles. The van der Waals surface area contributed by atoms with E-state index in [1.54, 1.807) is 0 Å². The fourth-order valence-electron chi connectivity index (χ4n) is 1.28. The highest BCUT2D eigenvalue weighted by molar-refractivity contribution is 5.32. The molecule has 1 unspecified atom stereocenters. The zero-order valence-electron chi connectivity index (χ0n) is 7.34. The number of rotatable bonds is 1. The van der Waals surface area contributed by atoms with E-state index in [0.717, 1.165) is 6.08 Å². The summed E-state index contributed by atoms with van der Waals surface area (Å²) in [4.78, 5) is 9.63. The molecule has 1 aliphatic rings. The monoisotopic (exact) mass is 207 g/mol. The Morgan fingerprint density at radius 3 is 2.57 bits per heavy atom. The molecule has 14 heavy (non-hydrogen) atoms. The first-order valence-corrected chi connectivity index (χ1v) is 3.90. The van der Waals surface area contributed by atoms with E-state index in [4.69, 9.17) is 0 Å². The molecule has 0 fully saturated rings. The molecule has 3 nitrogen and oxygen atoms in total. The topological polar surface area (TPSA) is 43.1 Å². The Balaban J connectivity index is 2.99. The molecule has 0 aromatic carbocycles. The zero-order valence-corrected chi connectivity index (χ0v) is 7.34. The van der Waals surface area contributed by atoms with E-state index in [0.29, 0.717) is 11.6 Å². The van der Waals surface area contributed by atoms with Gasteiger partial charge in [-0.2, -0.15) is 13.2 Å². The van der Waals surface area contributed by atoms with Gasteiger partial charge in [-0.05, 0) is 6.92 Å². The SMILES string of the molecule is CC1=CC(C(F)(F)F)=CC([N+](=O)[O-])C1. The van der Waals surface area contributed by atoms with Crippen molar-refractivity contribution >= 4 is 0 Å². The van der Waals surface area contributed by atoms with Crippen LogP contribution in [-0.4, -0.2) is 17.1 Å². The molecule has 0 radical (unpaired) electrons. The van der Waals surface area contributed by atoms with Crippen LogP contribution in [0.4, 0.5) is 13.2 Å². The molecule has 0 aromatic rings. The van der Waals surface area contributed by atoms with Crippen LogP contribution >= 0.6 is 0 Å². The maximum atomic E-state index is 12.2. The number of halogens is 3. The minimum atomic E-state index is -4.50. The van der Waals surface area contributed by atoms with Gasteiger partial charge in [-0.15, -0.1) is 0 Å². The Morgan fingerprint density at radius 2 is 2.14 bits per heavy atom. The van der Waals surface area contributed by atoms with Crippen LogP contribution in [-0.2, 0) is 0 Å². The van der Waals surface area contributed by atoms with Gasteiger partial charge in [0.15, 0.2) is 0 Å². The summed E-state index contributed by atoms with van der Waals surface area (Å²) in [6.07, 6.45) is -2.85. The molecule has 0 spiro atoms. The van der Waals surface area contributed by atoms with Gasteiger partial charge >= 0.3 is 6.18 Å². The standard InChI is InChI=1S/C8H8F3NO2/c1-5-2-6(8(9,10)11)4-7(3-5)12(13)14/h2,4,7H,3H2,1H3. The van der Waals surface area contributed by atoms with Gasteiger partial charge in [-0.25, -0.2) is 0 Å². The number of hydrogen-bond acceptors (Lipinski definition) is 2. The molecule has 6 heteroatoms. The molecule has 1 aliphatic carbocycles. The largest absolute Gasteiger partial charge is 0.416 e. The normalized spacial score (nSPS) is 22.7. The molecule has 0 N–H and O–H groups in total. The predicted octanol–water partition coefficient (Wildman–Crippen LogP) is 2.47. The fourth-order valence-corrected chi connectivity index (χ4v) is 1.28. The van der Waals surface area contributed by atoms with Gasteiger partial charge in [0, 0.05) is 17.4 Å². The van der Waals surface area contributed by atoms with Crippen LogP contribution in [0.5, 0.6) is 0 Å². The zero-order chi connectivity index (χ0) is 10.9. The van der Waals surface area contributed by atoms with Crippen LogP contribution in [0.3, 0.4) is 0 Å². The first kappa shape index (κ1) is 10.7. The Labute approximate surface area is 78.1 Å². The third-order valence-electron chi connectivity index (χ3n) is 1.90. The average Bonchev–Trinajstić information content (AvgIpc) is 2.01. The second kappa shape index (κ2) is 3.43. The lowest BCUT2D eigenvalue weighted by Gasteiger charge is -2.16. The van der Waals surface area contributed by atoms with Gasteiger partial charge in [0.2, 0.25) is 6.04 Å². The first-order chi connectivity index (χ1) is 6.30. The van der Waals surface area contributed by atoms with Crippen LogP contribution in [0.15, 0.2) is 23.3 Å². The number of nitrogens with zero attached hydrogens (tertiary/aromatic N) is 1. The molecular formula is C8H8F3NO2. The summed E-state index contributed by atoms with van der Waals surface area (Å²) in [6.45, 7) is 1.45. The molecule has 78 valence electrons. The third kappa shape index (κ3) is 2.34. The van der Waals surface area contributed by atoms with Crippen LogP contribution in [0.25, 0.3) is 0 Å². The molecule has 0 bridgehead atoms.